The van der Waals surface area contributed by atoms with Crippen LogP contribution in [0.4, 0.5) is 5.95 Å². The summed E-state index contributed by atoms with van der Waals surface area (Å²) < 4.78 is 0. The van der Waals surface area contributed by atoms with Gasteiger partial charge in [0.25, 0.3) is 5.56 Å². The molecule has 1 saturated heterocycles. The van der Waals surface area contributed by atoms with Crippen LogP contribution in [0.5, 0.6) is 0 Å². The van der Waals surface area contributed by atoms with Crippen LogP contribution in [0.15, 0.2) is 46.2 Å². The van der Waals surface area contributed by atoms with Crippen molar-refractivity contribution in [3.8, 4) is 11.1 Å². The summed E-state index contributed by atoms with van der Waals surface area (Å²) in [4.78, 5) is 28.3. The van der Waals surface area contributed by atoms with E-state index in [9.17, 15) is 4.79 Å². The minimum Gasteiger partial charge on any atom is -0.340 e. The first-order valence-electron chi connectivity index (χ1n) is 8.97. The lowest BCUT2D eigenvalue weighted by Gasteiger charge is -2.33. The van der Waals surface area contributed by atoms with Crippen molar-refractivity contribution in [3.63, 3.8) is 0 Å². The fraction of sp³-hybridized carbons (Fsp3) is 0.350. The third-order valence-corrected chi connectivity index (χ3v) is 5.81. The van der Waals surface area contributed by atoms with Crippen LogP contribution in [-0.4, -0.2) is 33.8 Å². The van der Waals surface area contributed by atoms with Crippen molar-refractivity contribution in [2.45, 2.75) is 37.1 Å². The lowest BCUT2D eigenvalue weighted by Crippen LogP contribution is -2.39. The third-order valence-electron chi connectivity index (χ3n) is 5.07. The Morgan fingerprint density at radius 3 is 2.73 bits per heavy atom. The Hall–Kier alpha value is -2.34. The van der Waals surface area contributed by atoms with E-state index in [1.807, 2.05) is 18.2 Å². The molecule has 1 atom stereocenters. The number of hydrogen-bond donors (Lipinski definition) is 1. The third kappa shape index (κ3) is 3.09. The second-order valence-corrected chi connectivity index (χ2v) is 7.59. The van der Waals surface area contributed by atoms with Crippen molar-refractivity contribution in [2.75, 3.05) is 17.7 Å². The van der Waals surface area contributed by atoms with Gasteiger partial charge >= 0.3 is 0 Å². The van der Waals surface area contributed by atoms with Gasteiger partial charge in [-0.3, -0.25) is 9.78 Å². The molecule has 1 unspecified atom stereocenters. The fourth-order valence-electron chi connectivity index (χ4n) is 3.61. The minimum atomic E-state index is -0.125. The predicted molar refractivity (Wildman–Crippen MR) is 108 cm³/mol. The van der Waals surface area contributed by atoms with E-state index < -0.39 is 0 Å². The van der Waals surface area contributed by atoms with Crippen LogP contribution in [0.25, 0.3) is 22.2 Å². The quantitative estimate of drug-likeness (QED) is 0.708. The van der Waals surface area contributed by atoms with Crippen molar-refractivity contribution in [1.29, 1.82) is 0 Å². The van der Waals surface area contributed by atoms with E-state index in [4.69, 9.17) is 0 Å². The Kier molecular flexibility index (Phi) is 4.68. The Balaban J connectivity index is 1.82. The van der Waals surface area contributed by atoms with Gasteiger partial charge in [-0.25, -0.2) is 4.98 Å². The Bertz CT molecular complexity index is 983. The number of pyridine rings is 1. The summed E-state index contributed by atoms with van der Waals surface area (Å²) in [6.07, 6.45) is 7.26. The van der Waals surface area contributed by atoms with Gasteiger partial charge in [-0.2, -0.15) is 4.98 Å². The number of fused-ring (bicyclic) bond motifs is 1. The van der Waals surface area contributed by atoms with E-state index in [0.29, 0.717) is 23.0 Å². The molecule has 5 nitrogen and oxygen atoms in total. The van der Waals surface area contributed by atoms with Gasteiger partial charge in [0.2, 0.25) is 5.95 Å². The Labute approximate surface area is 156 Å². The second kappa shape index (κ2) is 7.11. The summed E-state index contributed by atoms with van der Waals surface area (Å²) in [6, 6.07) is 10.5. The van der Waals surface area contributed by atoms with E-state index in [0.717, 1.165) is 30.5 Å². The van der Waals surface area contributed by atoms with Gasteiger partial charge in [-0.15, -0.1) is 11.8 Å². The van der Waals surface area contributed by atoms with Gasteiger partial charge in [0.05, 0.1) is 5.39 Å². The molecule has 3 aromatic rings. The van der Waals surface area contributed by atoms with Crippen molar-refractivity contribution < 1.29 is 0 Å². The van der Waals surface area contributed by atoms with Crippen LogP contribution >= 0.6 is 11.8 Å². The zero-order valence-electron chi connectivity index (χ0n) is 15.0. The molecule has 1 aliphatic heterocycles. The van der Waals surface area contributed by atoms with Crippen LogP contribution in [0.2, 0.25) is 0 Å². The molecule has 0 saturated carbocycles. The number of hydrogen-bond acceptors (Lipinski definition) is 5. The number of anilines is 1. The van der Waals surface area contributed by atoms with Crippen LogP contribution in [0.3, 0.4) is 0 Å². The Morgan fingerprint density at radius 2 is 2.00 bits per heavy atom. The second-order valence-electron chi connectivity index (χ2n) is 6.71. The van der Waals surface area contributed by atoms with E-state index in [1.165, 1.54) is 11.3 Å². The molecule has 0 amide bonds. The van der Waals surface area contributed by atoms with Crippen LogP contribution in [-0.2, 0) is 0 Å². The van der Waals surface area contributed by atoms with E-state index in [2.05, 4.69) is 45.2 Å². The molecule has 0 aliphatic carbocycles. The zero-order chi connectivity index (χ0) is 18.1. The summed E-state index contributed by atoms with van der Waals surface area (Å²) >= 11 is 1.70. The fourth-order valence-corrected chi connectivity index (χ4v) is 4.02. The normalized spacial score (nSPS) is 17.6. The predicted octanol–water partition coefficient (Wildman–Crippen LogP) is 4.09. The number of aromatic amines is 1. The maximum atomic E-state index is 12.9. The van der Waals surface area contributed by atoms with Gasteiger partial charge in [-0.1, -0.05) is 12.1 Å². The van der Waals surface area contributed by atoms with E-state index >= 15 is 0 Å². The summed E-state index contributed by atoms with van der Waals surface area (Å²) in [6.45, 7) is 3.10. The number of rotatable bonds is 3. The summed E-state index contributed by atoms with van der Waals surface area (Å²) in [5.41, 5.74) is 2.25. The average Bonchev–Trinajstić information content (AvgIpc) is 2.68. The van der Waals surface area contributed by atoms with Crippen LogP contribution < -0.4 is 10.5 Å². The smallest absolute Gasteiger partial charge is 0.262 e. The molecule has 2 aromatic heterocycles. The molecule has 1 aliphatic rings. The highest BCUT2D eigenvalue weighted by Crippen LogP contribution is 2.28. The van der Waals surface area contributed by atoms with E-state index in [1.54, 1.807) is 18.0 Å². The minimum absolute atomic E-state index is 0.125. The topological polar surface area (TPSA) is 61.9 Å². The highest BCUT2D eigenvalue weighted by atomic mass is 32.2. The van der Waals surface area contributed by atoms with E-state index in [-0.39, 0.29) is 5.56 Å². The highest BCUT2D eigenvalue weighted by Gasteiger charge is 2.22. The van der Waals surface area contributed by atoms with Crippen molar-refractivity contribution >= 4 is 28.7 Å². The first kappa shape index (κ1) is 17.1. The van der Waals surface area contributed by atoms with Crippen LogP contribution in [0, 0.1) is 0 Å². The first-order chi connectivity index (χ1) is 12.7. The van der Waals surface area contributed by atoms with Gasteiger partial charge in [0, 0.05) is 23.7 Å². The molecule has 3 heterocycles. The number of H-pyrrole nitrogens is 1. The number of nitrogens with one attached hydrogen (secondary N) is 1. The molecule has 4 rings (SSSR count). The summed E-state index contributed by atoms with van der Waals surface area (Å²) in [5, 5.41) is 0.554. The van der Waals surface area contributed by atoms with Crippen molar-refractivity contribution in [3.05, 3.63) is 46.9 Å². The monoisotopic (exact) mass is 366 g/mol. The first-order valence-corrected chi connectivity index (χ1v) is 10.2. The standard InChI is InChI=1S/C20H22N4OS/c1-13-5-3-4-12-24(13)20-22-18-17(19(25)23-20)16(10-11-21-18)14-6-8-15(26-2)9-7-14/h6-11,13H,3-5,12H2,1-2H3,(H,21,22,23,25). The maximum Gasteiger partial charge on any atom is 0.262 e. The zero-order valence-corrected chi connectivity index (χ0v) is 15.8. The van der Waals surface area contributed by atoms with Gasteiger partial charge in [0.15, 0.2) is 5.65 Å². The molecule has 6 heteroatoms. The number of nitrogens with zero attached hydrogens (tertiary/aromatic N) is 3. The van der Waals surface area contributed by atoms with Crippen molar-refractivity contribution in [2.24, 2.45) is 0 Å². The van der Waals surface area contributed by atoms with Gasteiger partial charge < -0.3 is 4.90 Å². The molecule has 1 aromatic carbocycles. The molecule has 1 fully saturated rings. The average molecular weight is 366 g/mol. The number of benzene rings is 1. The molecule has 134 valence electrons. The highest BCUT2D eigenvalue weighted by molar-refractivity contribution is 7.98. The molecule has 0 spiro atoms. The lowest BCUT2D eigenvalue weighted by atomic mass is 10.0. The lowest BCUT2D eigenvalue weighted by molar-refractivity contribution is 0.477. The molecule has 0 bridgehead atoms. The molecule has 0 radical (unpaired) electrons. The van der Waals surface area contributed by atoms with Gasteiger partial charge in [0.1, 0.15) is 0 Å². The number of aromatic nitrogens is 3. The Morgan fingerprint density at radius 1 is 1.19 bits per heavy atom. The summed E-state index contributed by atoms with van der Waals surface area (Å²) in [5.74, 6) is 0.636. The molecular formula is C20H22N4OS. The number of piperidine rings is 1. The molecule has 26 heavy (non-hydrogen) atoms. The van der Waals surface area contributed by atoms with Crippen molar-refractivity contribution in [1.82, 2.24) is 15.0 Å². The SMILES string of the molecule is CSc1ccc(-c2ccnc3nc(N4CCCCC4C)[nH]c(=O)c23)cc1. The van der Waals surface area contributed by atoms with Gasteiger partial charge in [-0.05, 0) is 61.8 Å². The molecular weight excluding hydrogens is 344 g/mol. The summed E-state index contributed by atoms with van der Waals surface area (Å²) in [7, 11) is 0. The molecule has 1 N–H and O–H groups in total. The number of thioether (sulfide) groups is 1. The largest absolute Gasteiger partial charge is 0.340 e. The van der Waals surface area contributed by atoms with Crippen LogP contribution in [0.1, 0.15) is 26.2 Å². The maximum absolute atomic E-state index is 12.9.